The Balaban J connectivity index is 1.53. The Kier molecular flexibility index (Phi) is 5.89. The van der Waals surface area contributed by atoms with Gasteiger partial charge in [0.25, 0.3) is 5.91 Å². The van der Waals surface area contributed by atoms with Crippen LogP contribution in [0.15, 0.2) is 90.3 Å². The molecule has 1 heterocycles. The van der Waals surface area contributed by atoms with Gasteiger partial charge >= 0.3 is 0 Å². The van der Waals surface area contributed by atoms with Crippen molar-refractivity contribution in [1.29, 1.82) is 0 Å². The van der Waals surface area contributed by atoms with Gasteiger partial charge < -0.3 is 9.88 Å². The minimum atomic E-state index is -3.71. The third kappa shape index (κ3) is 4.32. The van der Waals surface area contributed by atoms with E-state index < -0.39 is 15.9 Å². The summed E-state index contributed by atoms with van der Waals surface area (Å²) in [5.41, 5.74) is 3.71. The second kappa shape index (κ2) is 8.78. The second-order valence-electron chi connectivity index (χ2n) is 7.18. The summed E-state index contributed by atoms with van der Waals surface area (Å²) in [6.45, 7) is 3.60. The van der Waals surface area contributed by atoms with Crippen LogP contribution in [0.2, 0.25) is 0 Å². The van der Waals surface area contributed by atoms with Crippen molar-refractivity contribution in [2.75, 3.05) is 11.9 Å². The standard InChI is InChI=1S/C24H22N4O3S/c1-3-15-25-32(30,31)20-8-6-7-18(16-20)24(29)26-19-13-11-17(12-14-19)23-27-21-9-4-5-10-22(21)28(23)2/h3-14,16,25H,1,15H2,2H3,(H,26,29). The minimum Gasteiger partial charge on any atom is -0.327 e. The molecule has 0 saturated heterocycles. The molecule has 0 bridgehead atoms. The summed E-state index contributed by atoms with van der Waals surface area (Å²) >= 11 is 0. The van der Waals surface area contributed by atoms with Crippen molar-refractivity contribution in [2.24, 2.45) is 7.05 Å². The maximum Gasteiger partial charge on any atom is 0.255 e. The van der Waals surface area contributed by atoms with Gasteiger partial charge in [-0.05, 0) is 54.6 Å². The van der Waals surface area contributed by atoms with E-state index in [1.165, 1.54) is 24.3 Å². The van der Waals surface area contributed by atoms with Crippen LogP contribution in [0.1, 0.15) is 10.4 Å². The van der Waals surface area contributed by atoms with Crippen LogP contribution in [0, 0.1) is 0 Å². The number of carbonyl (C=O) groups is 1. The summed E-state index contributed by atoms with van der Waals surface area (Å²) in [7, 11) is -1.75. The van der Waals surface area contributed by atoms with E-state index in [4.69, 9.17) is 0 Å². The summed E-state index contributed by atoms with van der Waals surface area (Å²) in [6.07, 6.45) is 1.45. The van der Waals surface area contributed by atoms with E-state index in [1.54, 1.807) is 18.2 Å². The van der Waals surface area contributed by atoms with Crippen LogP contribution in [0.25, 0.3) is 22.4 Å². The summed E-state index contributed by atoms with van der Waals surface area (Å²) in [6, 6.07) is 21.1. The van der Waals surface area contributed by atoms with Gasteiger partial charge in [0.2, 0.25) is 10.0 Å². The van der Waals surface area contributed by atoms with Gasteiger partial charge in [-0.3, -0.25) is 4.79 Å². The highest BCUT2D eigenvalue weighted by Crippen LogP contribution is 2.25. The summed E-state index contributed by atoms with van der Waals surface area (Å²) in [5.74, 6) is 0.426. The van der Waals surface area contributed by atoms with Crippen LogP contribution in [-0.2, 0) is 17.1 Å². The molecular formula is C24H22N4O3S. The number of aryl methyl sites for hydroxylation is 1. The van der Waals surface area contributed by atoms with E-state index in [2.05, 4.69) is 21.6 Å². The molecular weight excluding hydrogens is 424 g/mol. The van der Waals surface area contributed by atoms with E-state index in [-0.39, 0.29) is 17.0 Å². The number of anilines is 1. The first kappa shape index (κ1) is 21.5. The number of hydrogen-bond acceptors (Lipinski definition) is 4. The average molecular weight is 447 g/mol. The molecule has 0 radical (unpaired) electrons. The average Bonchev–Trinajstić information content (AvgIpc) is 3.15. The highest BCUT2D eigenvalue weighted by atomic mass is 32.2. The maximum atomic E-state index is 12.7. The van der Waals surface area contributed by atoms with Crippen LogP contribution in [0.5, 0.6) is 0 Å². The van der Waals surface area contributed by atoms with E-state index in [0.29, 0.717) is 5.69 Å². The number of sulfonamides is 1. The molecule has 4 aromatic rings. The lowest BCUT2D eigenvalue weighted by atomic mass is 10.1. The number of carbonyl (C=O) groups excluding carboxylic acids is 1. The smallest absolute Gasteiger partial charge is 0.255 e. The normalized spacial score (nSPS) is 11.4. The van der Waals surface area contributed by atoms with Crippen molar-refractivity contribution in [3.05, 3.63) is 91.0 Å². The van der Waals surface area contributed by atoms with Gasteiger partial charge in [0.15, 0.2) is 0 Å². The lowest BCUT2D eigenvalue weighted by Crippen LogP contribution is -2.24. The highest BCUT2D eigenvalue weighted by molar-refractivity contribution is 7.89. The number of para-hydroxylation sites is 2. The molecule has 1 aromatic heterocycles. The number of imidazole rings is 1. The summed E-state index contributed by atoms with van der Waals surface area (Å²) in [5, 5.41) is 2.80. The number of nitrogens with one attached hydrogen (secondary N) is 2. The van der Waals surface area contributed by atoms with Crippen molar-refractivity contribution in [3.63, 3.8) is 0 Å². The molecule has 0 fully saturated rings. The molecule has 7 nitrogen and oxygen atoms in total. The molecule has 0 atom stereocenters. The van der Waals surface area contributed by atoms with Gasteiger partial charge in [-0.15, -0.1) is 6.58 Å². The van der Waals surface area contributed by atoms with E-state index in [1.807, 2.05) is 48.0 Å². The number of nitrogens with zero attached hydrogens (tertiary/aromatic N) is 2. The van der Waals surface area contributed by atoms with Gasteiger partial charge in [0, 0.05) is 30.4 Å². The first-order valence-electron chi connectivity index (χ1n) is 9.93. The quantitative estimate of drug-likeness (QED) is 0.420. The third-order valence-corrected chi connectivity index (χ3v) is 6.43. The van der Waals surface area contributed by atoms with Crippen molar-refractivity contribution >= 4 is 32.7 Å². The molecule has 0 aliphatic carbocycles. The van der Waals surface area contributed by atoms with Crippen LogP contribution < -0.4 is 10.0 Å². The molecule has 0 aliphatic rings. The molecule has 32 heavy (non-hydrogen) atoms. The molecule has 0 aliphatic heterocycles. The number of hydrogen-bond donors (Lipinski definition) is 2. The largest absolute Gasteiger partial charge is 0.327 e. The predicted octanol–water partition coefficient (Wildman–Crippen LogP) is 3.96. The molecule has 0 unspecified atom stereocenters. The first-order valence-corrected chi connectivity index (χ1v) is 11.4. The molecule has 3 aromatic carbocycles. The Labute approximate surface area is 186 Å². The van der Waals surface area contributed by atoms with E-state index in [9.17, 15) is 13.2 Å². The third-order valence-electron chi connectivity index (χ3n) is 5.01. The van der Waals surface area contributed by atoms with Crippen LogP contribution >= 0.6 is 0 Å². The summed E-state index contributed by atoms with van der Waals surface area (Å²) < 4.78 is 29.0. The molecule has 0 saturated carbocycles. The minimum absolute atomic E-state index is 0.0178. The van der Waals surface area contributed by atoms with Crippen molar-refractivity contribution in [3.8, 4) is 11.4 Å². The van der Waals surface area contributed by atoms with Crippen molar-refractivity contribution in [2.45, 2.75) is 4.90 Å². The van der Waals surface area contributed by atoms with Gasteiger partial charge in [0.1, 0.15) is 5.82 Å². The Morgan fingerprint density at radius 3 is 2.53 bits per heavy atom. The number of fused-ring (bicyclic) bond motifs is 1. The molecule has 4 rings (SSSR count). The van der Waals surface area contributed by atoms with Crippen LogP contribution in [0.4, 0.5) is 5.69 Å². The van der Waals surface area contributed by atoms with E-state index in [0.717, 1.165) is 22.4 Å². The molecule has 1 amide bonds. The molecule has 2 N–H and O–H groups in total. The topological polar surface area (TPSA) is 93.1 Å². The van der Waals surface area contributed by atoms with Crippen molar-refractivity contribution in [1.82, 2.24) is 14.3 Å². The Morgan fingerprint density at radius 1 is 1.06 bits per heavy atom. The second-order valence-corrected chi connectivity index (χ2v) is 8.95. The monoisotopic (exact) mass is 446 g/mol. The lowest BCUT2D eigenvalue weighted by molar-refractivity contribution is 0.102. The fourth-order valence-corrected chi connectivity index (χ4v) is 4.41. The molecule has 0 spiro atoms. The fraction of sp³-hybridized carbons (Fsp3) is 0.0833. The number of amides is 1. The predicted molar refractivity (Wildman–Crippen MR) is 126 cm³/mol. The van der Waals surface area contributed by atoms with Gasteiger partial charge in [-0.1, -0.05) is 24.3 Å². The van der Waals surface area contributed by atoms with E-state index >= 15 is 0 Å². The highest BCUT2D eigenvalue weighted by Gasteiger charge is 2.16. The van der Waals surface area contributed by atoms with Gasteiger partial charge in [-0.25, -0.2) is 18.1 Å². The Morgan fingerprint density at radius 2 is 1.81 bits per heavy atom. The number of rotatable bonds is 7. The Bertz CT molecular complexity index is 1410. The number of benzene rings is 3. The zero-order valence-corrected chi connectivity index (χ0v) is 18.3. The van der Waals surface area contributed by atoms with Gasteiger partial charge in [-0.2, -0.15) is 0 Å². The van der Waals surface area contributed by atoms with Crippen LogP contribution in [-0.4, -0.2) is 30.4 Å². The lowest BCUT2D eigenvalue weighted by Gasteiger charge is -2.09. The molecule has 162 valence electrons. The van der Waals surface area contributed by atoms with Crippen molar-refractivity contribution < 1.29 is 13.2 Å². The van der Waals surface area contributed by atoms with Gasteiger partial charge in [0.05, 0.1) is 15.9 Å². The zero-order chi connectivity index (χ0) is 22.7. The zero-order valence-electron chi connectivity index (χ0n) is 17.4. The fourth-order valence-electron chi connectivity index (χ4n) is 3.37. The summed E-state index contributed by atoms with van der Waals surface area (Å²) in [4.78, 5) is 17.4. The SMILES string of the molecule is C=CCNS(=O)(=O)c1cccc(C(=O)Nc2ccc(-c3nc4ccccc4n3C)cc2)c1. The maximum absolute atomic E-state index is 12.7. The molecule has 8 heteroatoms. The number of aromatic nitrogens is 2. The first-order chi connectivity index (χ1) is 15.4. The Hall–Kier alpha value is -3.75. The van der Waals surface area contributed by atoms with Crippen LogP contribution in [0.3, 0.4) is 0 Å².